The molecule has 4 aromatic carbocycles. The van der Waals surface area contributed by atoms with Gasteiger partial charge in [-0.2, -0.15) is 0 Å². The van der Waals surface area contributed by atoms with Crippen molar-refractivity contribution in [1.29, 1.82) is 0 Å². The van der Waals surface area contributed by atoms with Crippen LogP contribution < -0.4 is 0 Å². The number of nitrogens with zero attached hydrogens (tertiary/aromatic N) is 2. The molecule has 0 radical (unpaired) electrons. The molecule has 0 spiro atoms. The summed E-state index contributed by atoms with van der Waals surface area (Å²) in [6.45, 7) is 6.45. The monoisotopic (exact) mass is 532 g/mol. The minimum atomic E-state index is 0.0702. The highest BCUT2D eigenvalue weighted by Crippen LogP contribution is 2.23. The fraction of sp³-hybridized carbons (Fsp3) is 0.278. The zero-order valence-corrected chi connectivity index (χ0v) is 23.7. The van der Waals surface area contributed by atoms with E-state index in [0.29, 0.717) is 39.0 Å². The molecule has 0 aromatic heterocycles. The second-order valence-corrected chi connectivity index (χ2v) is 10.8. The molecule has 4 nitrogen and oxygen atoms in total. The van der Waals surface area contributed by atoms with Crippen molar-refractivity contribution in [3.8, 4) is 0 Å². The number of hydrogen-bond donors (Lipinski definition) is 0. The first-order valence-corrected chi connectivity index (χ1v) is 14.2. The summed E-state index contributed by atoms with van der Waals surface area (Å²) in [6.07, 6.45) is 0.816. The van der Waals surface area contributed by atoms with Gasteiger partial charge in [0.25, 0.3) is 0 Å². The molecule has 0 bridgehead atoms. The maximum absolute atomic E-state index is 13.6. The Hall–Kier alpha value is -4.18. The number of rotatable bonds is 13. The fourth-order valence-electron chi connectivity index (χ4n) is 4.89. The number of hydrogen-bond acceptors (Lipinski definition) is 2. The van der Waals surface area contributed by atoms with E-state index in [1.807, 2.05) is 82.6 Å². The second-order valence-electron chi connectivity index (χ2n) is 10.8. The van der Waals surface area contributed by atoms with Crippen LogP contribution in [0.3, 0.4) is 0 Å². The minimum Gasteiger partial charge on any atom is -0.334 e. The maximum Gasteiger partial charge on any atom is 0.223 e. The third-order valence-corrected chi connectivity index (χ3v) is 7.54. The van der Waals surface area contributed by atoms with E-state index in [1.165, 1.54) is 0 Å². The average molecular weight is 533 g/mol. The summed E-state index contributed by atoms with van der Waals surface area (Å²) >= 11 is 0. The van der Waals surface area contributed by atoms with Crippen LogP contribution >= 0.6 is 0 Å². The van der Waals surface area contributed by atoms with Crippen LogP contribution in [0.4, 0.5) is 0 Å². The van der Waals surface area contributed by atoms with Crippen LogP contribution in [0, 0.1) is 11.8 Å². The van der Waals surface area contributed by atoms with E-state index < -0.39 is 0 Å². The van der Waals surface area contributed by atoms with Gasteiger partial charge < -0.3 is 9.80 Å². The summed E-state index contributed by atoms with van der Waals surface area (Å²) in [4.78, 5) is 31.1. The van der Waals surface area contributed by atoms with Crippen LogP contribution in [0.15, 0.2) is 121 Å². The predicted octanol–water partition coefficient (Wildman–Crippen LogP) is 7.50. The van der Waals surface area contributed by atoms with E-state index in [-0.39, 0.29) is 23.7 Å². The lowest BCUT2D eigenvalue weighted by Gasteiger charge is -2.28. The quantitative estimate of drug-likeness (QED) is 0.179. The van der Waals surface area contributed by atoms with Crippen molar-refractivity contribution in [2.75, 3.05) is 0 Å². The largest absolute Gasteiger partial charge is 0.334 e. The predicted molar refractivity (Wildman–Crippen MR) is 162 cm³/mol. The standard InChI is InChI=1S/C36H40N2O2/c1-29(23-35(39)37(25-31-15-7-3-8-16-31)26-32-17-9-4-10-18-32)30(2)24-36(40)38(27-33-19-11-5-12-20-33)28-34-21-13-6-14-22-34/h3-22,29-30H,23-28H2,1-2H3/t29-,30-/m1/s1. The SMILES string of the molecule is C[C@H](CC(=O)N(Cc1ccccc1)Cc1ccccc1)[C@H](C)CC(=O)N(Cc1ccccc1)Cc1ccccc1. The molecular weight excluding hydrogens is 492 g/mol. The van der Waals surface area contributed by atoms with E-state index in [1.54, 1.807) is 0 Å². The molecule has 4 rings (SSSR count). The highest BCUT2D eigenvalue weighted by molar-refractivity contribution is 5.78. The molecule has 2 amide bonds. The normalized spacial score (nSPS) is 12.3. The molecule has 206 valence electrons. The third-order valence-electron chi connectivity index (χ3n) is 7.54. The van der Waals surface area contributed by atoms with Crippen LogP contribution in [-0.2, 0) is 35.8 Å². The van der Waals surface area contributed by atoms with Crippen molar-refractivity contribution in [3.63, 3.8) is 0 Å². The molecule has 0 aliphatic heterocycles. The van der Waals surface area contributed by atoms with E-state index in [9.17, 15) is 9.59 Å². The van der Waals surface area contributed by atoms with Gasteiger partial charge >= 0.3 is 0 Å². The second kappa shape index (κ2) is 14.8. The van der Waals surface area contributed by atoms with Crippen LogP contribution in [0.1, 0.15) is 48.9 Å². The molecule has 0 aliphatic rings. The maximum atomic E-state index is 13.6. The van der Waals surface area contributed by atoms with Crippen molar-refractivity contribution < 1.29 is 9.59 Å². The molecule has 0 fully saturated rings. The van der Waals surface area contributed by atoms with Gasteiger partial charge in [0.15, 0.2) is 0 Å². The first-order valence-electron chi connectivity index (χ1n) is 14.2. The summed E-state index contributed by atoms with van der Waals surface area (Å²) in [5.74, 6) is 0.372. The molecule has 0 unspecified atom stereocenters. The van der Waals surface area contributed by atoms with Crippen molar-refractivity contribution in [1.82, 2.24) is 9.80 Å². The third kappa shape index (κ3) is 8.94. The lowest BCUT2D eigenvalue weighted by molar-refractivity contribution is -0.136. The Balaban J connectivity index is 1.41. The molecule has 0 saturated heterocycles. The lowest BCUT2D eigenvalue weighted by atomic mass is 9.89. The summed E-state index contributed by atoms with van der Waals surface area (Å²) in [7, 11) is 0. The number of carbonyl (C=O) groups excluding carboxylic acids is 2. The van der Waals surface area contributed by atoms with Gasteiger partial charge in [-0.1, -0.05) is 135 Å². The Morgan fingerprint density at radius 3 is 0.900 bits per heavy atom. The Kier molecular flexibility index (Phi) is 10.7. The Labute approximate surface area is 239 Å². The summed E-state index contributed by atoms with van der Waals surface area (Å²) in [5.41, 5.74) is 4.44. The molecular formula is C36H40N2O2. The van der Waals surface area contributed by atoms with Gasteiger partial charge in [-0.05, 0) is 34.1 Å². The molecule has 40 heavy (non-hydrogen) atoms. The highest BCUT2D eigenvalue weighted by Gasteiger charge is 2.25. The van der Waals surface area contributed by atoms with Gasteiger partial charge in [-0.3, -0.25) is 9.59 Å². The summed E-state index contributed by atoms with van der Waals surface area (Å²) in [5, 5.41) is 0. The minimum absolute atomic E-state index is 0.0702. The lowest BCUT2D eigenvalue weighted by Crippen LogP contribution is -2.34. The molecule has 0 N–H and O–H groups in total. The highest BCUT2D eigenvalue weighted by atomic mass is 16.2. The van der Waals surface area contributed by atoms with Crippen molar-refractivity contribution in [3.05, 3.63) is 144 Å². The molecule has 4 heteroatoms. The van der Waals surface area contributed by atoms with Crippen LogP contribution in [0.25, 0.3) is 0 Å². The Bertz CT molecular complexity index is 1120. The number of amides is 2. The van der Waals surface area contributed by atoms with Crippen LogP contribution in [-0.4, -0.2) is 21.6 Å². The smallest absolute Gasteiger partial charge is 0.223 e. The van der Waals surface area contributed by atoms with Crippen LogP contribution in [0.5, 0.6) is 0 Å². The zero-order chi connectivity index (χ0) is 28.2. The van der Waals surface area contributed by atoms with Crippen molar-refractivity contribution >= 4 is 11.8 Å². The van der Waals surface area contributed by atoms with Gasteiger partial charge in [0.1, 0.15) is 0 Å². The molecule has 0 aliphatic carbocycles. The number of benzene rings is 4. The molecule has 0 heterocycles. The van der Waals surface area contributed by atoms with Gasteiger partial charge in [-0.15, -0.1) is 0 Å². The number of carbonyl (C=O) groups is 2. The summed E-state index contributed by atoms with van der Waals surface area (Å²) < 4.78 is 0. The van der Waals surface area contributed by atoms with Gasteiger partial charge in [0, 0.05) is 39.0 Å². The Morgan fingerprint density at radius 1 is 0.450 bits per heavy atom. The van der Waals surface area contributed by atoms with Crippen molar-refractivity contribution in [2.45, 2.75) is 52.9 Å². The fourth-order valence-corrected chi connectivity index (χ4v) is 4.89. The zero-order valence-electron chi connectivity index (χ0n) is 23.7. The van der Waals surface area contributed by atoms with E-state index >= 15 is 0 Å². The molecule has 2 atom stereocenters. The Morgan fingerprint density at radius 2 is 0.675 bits per heavy atom. The van der Waals surface area contributed by atoms with E-state index in [4.69, 9.17) is 0 Å². The first-order chi connectivity index (χ1) is 19.5. The first kappa shape index (κ1) is 28.8. The van der Waals surface area contributed by atoms with Gasteiger partial charge in [0.05, 0.1) is 0 Å². The summed E-state index contributed by atoms with van der Waals surface area (Å²) in [6, 6.07) is 40.5. The molecule has 0 saturated carbocycles. The topological polar surface area (TPSA) is 40.6 Å². The van der Waals surface area contributed by atoms with Gasteiger partial charge in [-0.25, -0.2) is 0 Å². The van der Waals surface area contributed by atoms with E-state index in [0.717, 1.165) is 22.3 Å². The van der Waals surface area contributed by atoms with E-state index in [2.05, 4.69) is 62.4 Å². The van der Waals surface area contributed by atoms with Crippen LogP contribution in [0.2, 0.25) is 0 Å². The van der Waals surface area contributed by atoms with Gasteiger partial charge in [0.2, 0.25) is 11.8 Å². The average Bonchev–Trinajstić information content (AvgIpc) is 2.98. The van der Waals surface area contributed by atoms with Crippen molar-refractivity contribution in [2.24, 2.45) is 11.8 Å². The molecule has 4 aromatic rings.